The molecule has 0 aromatic carbocycles. The topological polar surface area (TPSA) is 66.2 Å². The van der Waals surface area contributed by atoms with Crippen LogP contribution >= 0.6 is 0 Å². The van der Waals surface area contributed by atoms with Crippen molar-refractivity contribution in [3.05, 3.63) is 17.7 Å². The molecule has 0 amide bonds. The summed E-state index contributed by atoms with van der Waals surface area (Å²) in [6.07, 6.45) is 3.67. The van der Waals surface area contributed by atoms with E-state index in [1.165, 1.54) is 6.33 Å². The van der Waals surface area contributed by atoms with Gasteiger partial charge in [-0.05, 0) is 19.8 Å². The molecule has 2 N–H and O–H groups in total. The van der Waals surface area contributed by atoms with E-state index in [0.29, 0.717) is 17.1 Å². The van der Waals surface area contributed by atoms with Gasteiger partial charge in [0.2, 0.25) is 0 Å². The average Bonchev–Trinajstić information content (AvgIpc) is 2.85. The Balaban J connectivity index is 2.47. The van der Waals surface area contributed by atoms with Crippen LogP contribution in [0.3, 0.4) is 0 Å². The van der Waals surface area contributed by atoms with Crippen LogP contribution in [0.4, 0.5) is 0 Å². The monoisotopic (exact) mass is 178 g/mol. The fourth-order valence-electron chi connectivity index (χ4n) is 1.50. The van der Waals surface area contributed by atoms with E-state index in [-0.39, 0.29) is 0 Å². The van der Waals surface area contributed by atoms with E-state index in [1.807, 2.05) is 0 Å². The van der Waals surface area contributed by atoms with Gasteiger partial charge in [-0.2, -0.15) is 0 Å². The molecule has 4 nitrogen and oxygen atoms in total. The Kier molecular flexibility index (Phi) is 2.05. The van der Waals surface area contributed by atoms with Crippen LogP contribution in [-0.4, -0.2) is 27.1 Å². The molecule has 13 heavy (non-hydrogen) atoms. The van der Waals surface area contributed by atoms with Crippen molar-refractivity contribution in [1.82, 2.24) is 9.97 Å². The third-order valence-corrected chi connectivity index (χ3v) is 2.34. The van der Waals surface area contributed by atoms with Crippen molar-refractivity contribution >= 4 is 12.6 Å². The SMILES string of the molecule is Cc1ncnc(C2CC2)c1B(O)O. The third-order valence-electron chi connectivity index (χ3n) is 2.34. The number of aromatic nitrogens is 2. The lowest BCUT2D eigenvalue weighted by Crippen LogP contribution is -2.36. The van der Waals surface area contributed by atoms with E-state index in [2.05, 4.69) is 9.97 Å². The molecule has 0 atom stereocenters. The lowest BCUT2D eigenvalue weighted by Gasteiger charge is -2.08. The second-order valence-corrected chi connectivity index (χ2v) is 3.41. The lowest BCUT2D eigenvalue weighted by atomic mass is 9.77. The molecule has 68 valence electrons. The van der Waals surface area contributed by atoms with Gasteiger partial charge >= 0.3 is 7.12 Å². The Bertz CT molecular complexity index is 326. The van der Waals surface area contributed by atoms with Gasteiger partial charge in [0, 0.05) is 22.8 Å². The van der Waals surface area contributed by atoms with Gasteiger partial charge in [0.15, 0.2) is 0 Å². The first kappa shape index (κ1) is 8.65. The summed E-state index contributed by atoms with van der Waals surface area (Å²) >= 11 is 0. The maximum atomic E-state index is 9.14. The quantitative estimate of drug-likeness (QED) is 0.590. The van der Waals surface area contributed by atoms with Gasteiger partial charge < -0.3 is 10.0 Å². The normalized spacial score (nSPS) is 15.9. The first-order valence-electron chi connectivity index (χ1n) is 4.37. The summed E-state index contributed by atoms with van der Waals surface area (Å²) in [5.74, 6) is 0.415. The molecular weight excluding hydrogens is 167 g/mol. The Morgan fingerprint density at radius 3 is 2.62 bits per heavy atom. The number of hydrogen-bond donors (Lipinski definition) is 2. The summed E-state index contributed by atoms with van der Waals surface area (Å²) in [7, 11) is -1.45. The lowest BCUT2D eigenvalue weighted by molar-refractivity contribution is 0.424. The largest absolute Gasteiger partial charge is 0.492 e. The van der Waals surface area contributed by atoms with E-state index in [4.69, 9.17) is 10.0 Å². The van der Waals surface area contributed by atoms with Crippen LogP contribution in [0.1, 0.15) is 30.1 Å². The van der Waals surface area contributed by atoms with Crippen LogP contribution in [0.2, 0.25) is 0 Å². The summed E-state index contributed by atoms with van der Waals surface area (Å²) in [5, 5.41) is 18.3. The highest BCUT2D eigenvalue weighted by atomic mass is 16.4. The minimum absolute atomic E-state index is 0.415. The van der Waals surface area contributed by atoms with Crippen LogP contribution in [0, 0.1) is 6.92 Å². The van der Waals surface area contributed by atoms with Crippen molar-refractivity contribution < 1.29 is 10.0 Å². The van der Waals surface area contributed by atoms with Gasteiger partial charge in [0.05, 0.1) is 0 Å². The molecule has 2 rings (SSSR count). The van der Waals surface area contributed by atoms with Gasteiger partial charge in [-0.15, -0.1) is 0 Å². The van der Waals surface area contributed by atoms with Crippen LogP contribution < -0.4 is 5.46 Å². The van der Waals surface area contributed by atoms with Crippen molar-refractivity contribution in [2.45, 2.75) is 25.7 Å². The zero-order valence-electron chi connectivity index (χ0n) is 7.44. The van der Waals surface area contributed by atoms with Gasteiger partial charge in [-0.1, -0.05) is 0 Å². The second kappa shape index (κ2) is 3.08. The van der Waals surface area contributed by atoms with Gasteiger partial charge in [0.25, 0.3) is 0 Å². The molecule has 1 heterocycles. The molecule has 1 aromatic heterocycles. The fourth-order valence-corrected chi connectivity index (χ4v) is 1.50. The third kappa shape index (κ3) is 1.57. The molecule has 1 aliphatic carbocycles. The molecule has 0 bridgehead atoms. The van der Waals surface area contributed by atoms with Crippen molar-refractivity contribution in [2.24, 2.45) is 0 Å². The van der Waals surface area contributed by atoms with Gasteiger partial charge in [0.1, 0.15) is 6.33 Å². The summed E-state index contributed by atoms with van der Waals surface area (Å²) < 4.78 is 0. The maximum Gasteiger partial charge on any atom is 0.492 e. The molecule has 0 saturated heterocycles. The zero-order valence-corrected chi connectivity index (χ0v) is 7.44. The average molecular weight is 178 g/mol. The molecule has 1 fully saturated rings. The maximum absolute atomic E-state index is 9.14. The fraction of sp³-hybridized carbons (Fsp3) is 0.500. The van der Waals surface area contributed by atoms with Crippen LogP contribution in [-0.2, 0) is 0 Å². The van der Waals surface area contributed by atoms with E-state index >= 15 is 0 Å². The van der Waals surface area contributed by atoms with E-state index in [0.717, 1.165) is 18.5 Å². The minimum Gasteiger partial charge on any atom is -0.423 e. The molecular formula is C8H11BN2O2. The van der Waals surface area contributed by atoms with E-state index in [9.17, 15) is 0 Å². The molecule has 0 spiro atoms. The Labute approximate surface area is 76.8 Å². The summed E-state index contributed by atoms with van der Waals surface area (Å²) in [6, 6.07) is 0. The highest BCUT2D eigenvalue weighted by Gasteiger charge is 2.32. The summed E-state index contributed by atoms with van der Waals surface area (Å²) in [5.41, 5.74) is 1.96. The molecule has 1 aromatic rings. The molecule has 1 saturated carbocycles. The second-order valence-electron chi connectivity index (χ2n) is 3.41. The van der Waals surface area contributed by atoms with Gasteiger partial charge in [-0.3, -0.25) is 0 Å². The Morgan fingerprint density at radius 1 is 1.38 bits per heavy atom. The number of aryl methyl sites for hydroxylation is 1. The first-order chi connectivity index (χ1) is 6.20. The number of hydrogen-bond acceptors (Lipinski definition) is 4. The van der Waals surface area contributed by atoms with Crippen LogP contribution in [0.5, 0.6) is 0 Å². The smallest absolute Gasteiger partial charge is 0.423 e. The zero-order chi connectivity index (χ0) is 9.42. The van der Waals surface area contributed by atoms with Crippen molar-refractivity contribution in [1.29, 1.82) is 0 Å². The van der Waals surface area contributed by atoms with Crippen molar-refractivity contribution in [2.75, 3.05) is 0 Å². The molecule has 1 aliphatic rings. The van der Waals surface area contributed by atoms with Crippen LogP contribution in [0.25, 0.3) is 0 Å². The van der Waals surface area contributed by atoms with Gasteiger partial charge in [-0.25, -0.2) is 9.97 Å². The number of nitrogens with zero attached hydrogens (tertiary/aromatic N) is 2. The first-order valence-corrected chi connectivity index (χ1v) is 4.37. The highest BCUT2D eigenvalue weighted by molar-refractivity contribution is 6.59. The molecule has 0 radical (unpaired) electrons. The predicted octanol–water partition coefficient (Wildman–Crippen LogP) is -0.658. The van der Waals surface area contributed by atoms with Crippen molar-refractivity contribution in [3.8, 4) is 0 Å². The van der Waals surface area contributed by atoms with Crippen LogP contribution in [0.15, 0.2) is 6.33 Å². The van der Waals surface area contributed by atoms with Crippen molar-refractivity contribution in [3.63, 3.8) is 0 Å². The Morgan fingerprint density at radius 2 is 2.08 bits per heavy atom. The van der Waals surface area contributed by atoms with E-state index in [1.54, 1.807) is 6.92 Å². The predicted molar refractivity (Wildman–Crippen MR) is 48.6 cm³/mol. The summed E-state index contributed by atoms with van der Waals surface area (Å²) in [4.78, 5) is 8.03. The minimum atomic E-state index is -1.45. The highest BCUT2D eigenvalue weighted by Crippen LogP contribution is 2.38. The van der Waals surface area contributed by atoms with E-state index < -0.39 is 7.12 Å². The molecule has 0 unspecified atom stereocenters. The molecule has 0 aliphatic heterocycles. The standard InChI is InChI=1S/C8H11BN2O2/c1-5-7(9(12)13)8(6-2-3-6)11-4-10-5/h4,6,12-13H,2-3H2,1H3. The number of rotatable bonds is 2. The molecule has 5 heteroatoms. The summed E-state index contributed by atoms with van der Waals surface area (Å²) in [6.45, 7) is 1.77. The Hall–Kier alpha value is -0.935.